The van der Waals surface area contributed by atoms with E-state index in [9.17, 15) is 13.2 Å². The molecule has 1 aliphatic rings. The van der Waals surface area contributed by atoms with Gasteiger partial charge in [0.2, 0.25) is 15.9 Å². The van der Waals surface area contributed by atoms with Crippen molar-refractivity contribution in [2.45, 2.75) is 19.8 Å². The number of fused-ring (bicyclic) bond motifs is 1. The molecule has 0 aromatic heterocycles. The largest absolute Gasteiger partial charge is 0.494 e. The van der Waals surface area contributed by atoms with E-state index in [2.05, 4.69) is 28.4 Å². The van der Waals surface area contributed by atoms with Crippen LogP contribution in [0.5, 0.6) is 5.75 Å². The molecular weight excluding hydrogens is 402 g/mol. The van der Waals surface area contributed by atoms with E-state index in [-0.39, 0.29) is 12.5 Å². The number of benzene rings is 2. The second kappa shape index (κ2) is 9.84. The van der Waals surface area contributed by atoms with Gasteiger partial charge in [0.15, 0.2) is 0 Å². The molecule has 2 aromatic rings. The summed E-state index contributed by atoms with van der Waals surface area (Å²) in [4.78, 5) is 14.7. The molecule has 3 rings (SSSR count). The molecule has 1 aliphatic heterocycles. The first kappa shape index (κ1) is 22.0. The summed E-state index contributed by atoms with van der Waals surface area (Å²) in [6, 6.07) is 15.1. The van der Waals surface area contributed by atoms with E-state index >= 15 is 0 Å². The highest BCUT2D eigenvalue weighted by Gasteiger charge is 2.21. The van der Waals surface area contributed by atoms with Gasteiger partial charge in [0.1, 0.15) is 12.3 Å². The molecule has 0 saturated heterocycles. The maximum atomic E-state index is 12.4. The first-order valence-corrected chi connectivity index (χ1v) is 12.0. The SMILES string of the molecule is CCOc1ccc(N(CC(=O)NCCCN2CCc3ccccc32)S(C)(=O)=O)cc1. The van der Waals surface area contributed by atoms with Crippen LogP contribution in [0, 0.1) is 0 Å². The van der Waals surface area contributed by atoms with Gasteiger partial charge in [-0.2, -0.15) is 0 Å². The summed E-state index contributed by atoms with van der Waals surface area (Å²) in [5.74, 6) is 0.332. The number of sulfonamides is 1. The third kappa shape index (κ3) is 5.66. The quantitative estimate of drug-likeness (QED) is 0.585. The second-order valence-corrected chi connectivity index (χ2v) is 9.17. The molecule has 0 atom stereocenters. The first-order chi connectivity index (χ1) is 14.4. The number of carbonyl (C=O) groups excluding carboxylic acids is 1. The van der Waals surface area contributed by atoms with Gasteiger partial charge in [-0.1, -0.05) is 18.2 Å². The Morgan fingerprint density at radius 2 is 1.90 bits per heavy atom. The predicted molar refractivity (Wildman–Crippen MR) is 120 cm³/mol. The molecule has 0 spiro atoms. The molecule has 0 fully saturated rings. The van der Waals surface area contributed by atoms with Crippen LogP contribution in [0.15, 0.2) is 48.5 Å². The summed E-state index contributed by atoms with van der Waals surface area (Å²) in [6.45, 7) is 4.50. The first-order valence-electron chi connectivity index (χ1n) is 10.2. The maximum absolute atomic E-state index is 12.4. The van der Waals surface area contributed by atoms with Crippen molar-refractivity contribution in [2.24, 2.45) is 0 Å². The molecule has 0 radical (unpaired) electrons. The fourth-order valence-corrected chi connectivity index (χ4v) is 4.45. The van der Waals surface area contributed by atoms with E-state index in [4.69, 9.17) is 4.74 Å². The average Bonchev–Trinajstić information content (AvgIpc) is 3.13. The third-order valence-corrected chi connectivity index (χ3v) is 6.17. The molecule has 1 heterocycles. The number of para-hydroxylation sites is 1. The lowest BCUT2D eigenvalue weighted by Gasteiger charge is -2.22. The molecule has 8 heteroatoms. The van der Waals surface area contributed by atoms with Crippen LogP contribution in [0.3, 0.4) is 0 Å². The van der Waals surface area contributed by atoms with Gasteiger partial charge in [0.25, 0.3) is 0 Å². The van der Waals surface area contributed by atoms with Crippen LogP contribution in [-0.4, -0.2) is 53.4 Å². The lowest BCUT2D eigenvalue weighted by atomic mass is 10.2. The molecule has 0 saturated carbocycles. The highest BCUT2D eigenvalue weighted by Crippen LogP contribution is 2.27. The standard InChI is InChI=1S/C22H29N3O4S/c1-3-29-20-11-9-19(10-12-20)25(30(2,27)28)17-22(26)23-14-6-15-24-16-13-18-7-4-5-8-21(18)24/h4-5,7-12H,3,6,13-17H2,1-2H3,(H,23,26). The van der Waals surface area contributed by atoms with E-state index in [1.807, 2.05) is 13.0 Å². The Morgan fingerprint density at radius 1 is 1.17 bits per heavy atom. The van der Waals surface area contributed by atoms with Crippen molar-refractivity contribution in [3.8, 4) is 5.75 Å². The minimum absolute atomic E-state index is 0.251. The van der Waals surface area contributed by atoms with Crippen LogP contribution < -0.4 is 19.3 Å². The summed E-state index contributed by atoms with van der Waals surface area (Å²) in [6.07, 6.45) is 2.94. The monoisotopic (exact) mass is 431 g/mol. The molecule has 7 nitrogen and oxygen atoms in total. The van der Waals surface area contributed by atoms with Crippen molar-refractivity contribution < 1.29 is 17.9 Å². The van der Waals surface area contributed by atoms with Gasteiger partial charge in [-0.15, -0.1) is 0 Å². The average molecular weight is 432 g/mol. The molecule has 1 N–H and O–H groups in total. The molecule has 1 amide bonds. The zero-order valence-corrected chi connectivity index (χ0v) is 18.3. The van der Waals surface area contributed by atoms with Gasteiger partial charge in [0.05, 0.1) is 18.6 Å². The Kier molecular flexibility index (Phi) is 7.20. The van der Waals surface area contributed by atoms with Crippen LogP contribution in [0.25, 0.3) is 0 Å². The normalized spacial score (nSPS) is 13.1. The van der Waals surface area contributed by atoms with E-state index < -0.39 is 10.0 Å². The number of hydrogen-bond donors (Lipinski definition) is 1. The number of hydrogen-bond acceptors (Lipinski definition) is 5. The summed E-state index contributed by atoms with van der Waals surface area (Å²) in [7, 11) is -3.59. The van der Waals surface area contributed by atoms with Crippen molar-refractivity contribution >= 4 is 27.3 Å². The predicted octanol–water partition coefficient (Wildman–Crippen LogP) is 2.42. The van der Waals surface area contributed by atoms with Crippen LogP contribution >= 0.6 is 0 Å². The smallest absolute Gasteiger partial charge is 0.240 e. The Morgan fingerprint density at radius 3 is 2.60 bits per heavy atom. The third-order valence-electron chi connectivity index (χ3n) is 5.03. The van der Waals surface area contributed by atoms with E-state index in [1.54, 1.807) is 24.3 Å². The van der Waals surface area contributed by atoms with Crippen molar-refractivity contribution in [2.75, 3.05) is 48.2 Å². The van der Waals surface area contributed by atoms with E-state index in [1.165, 1.54) is 11.3 Å². The van der Waals surface area contributed by atoms with E-state index in [0.717, 1.165) is 36.5 Å². The summed E-state index contributed by atoms with van der Waals surface area (Å²) >= 11 is 0. The number of amides is 1. The number of rotatable bonds is 10. The van der Waals surface area contributed by atoms with Crippen LogP contribution in [-0.2, 0) is 21.2 Å². The molecule has 0 unspecified atom stereocenters. The molecule has 0 aliphatic carbocycles. The fraction of sp³-hybridized carbons (Fsp3) is 0.409. The van der Waals surface area contributed by atoms with Gasteiger partial charge in [0, 0.05) is 25.3 Å². The van der Waals surface area contributed by atoms with Crippen molar-refractivity contribution in [1.29, 1.82) is 0 Å². The van der Waals surface area contributed by atoms with Crippen molar-refractivity contribution in [3.05, 3.63) is 54.1 Å². The highest BCUT2D eigenvalue weighted by atomic mass is 32.2. The molecule has 2 aromatic carbocycles. The number of nitrogens with one attached hydrogen (secondary N) is 1. The summed E-state index contributed by atoms with van der Waals surface area (Å²) < 4.78 is 30.9. The zero-order valence-electron chi connectivity index (χ0n) is 17.5. The molecular formula is C22H29N3O4S. The number of nitrogens with zero attached hydrogens (tertiary/aromatic N) is 2. The lowest BCUT2D eigenvalue weighted by Crippen LogP contribution is -2.41. The summed E-state index contributed by atoms with van der Waals surface area (Å²) in [5, 5.41) is 2.84. The lowest BCUT2D eigenvalue weighted by molar-refractivity contribution is -0.119. The van der Waals surface area contributed by atoms with E-state index in [0.29, 0.717) is 24.6 Å². The minimum atomic E-state index is -3.59. The number of carbonyl (C=O) groups is 1. The zero-order chi connectivity index (χ0) is 21.6. The van der Waals surface area contributed by atoms with Crippen molar-refractivity contribution in [3.63, 3.8) is 0 Å². The van der Waals surface area contributed by atoms with Crippen molar-refractivity contribution in [1.82, 2.24) is 5.32 Å². The molecule has 162 valence electrons. The Balaban J connectivity index is 1.50. The second-order valence-electron chi connectivity index (χ2n) is 7.27. The number of ether oxygens (including phenoxy) is 1. The minimum Gasteiger partial charge on any atom is -0.494 e. The van der Waals surface area contributed by atoms with Gasteiger partial charge in [-0.25, -0.2) is 8.42 Å². The fourth-order valence-electron chi connectivity index (χ4n) is 3.60. The number of anilines is 2. The van der Waals surface area contributed by atoms with Gasteiger partial charge >= 0.3 is 0 Å². The van der Waals surface area contributed by atoms with Crippen LogP contribution in [0.4, 0.5) is 11.4 Å². The van der Waals surface area contributed by atoms with Crippen LogP contribution in [0.1, 0.15) is 18.9 Å². The Labute approximate surface area is 178 Å². The van der Waals surface area contributed by atoms with Crippen LogP contribution in [0.2, 0.25) is 0 Å². The van der Waals surface area contributed by atoms with Gasteiger partial charge in [-0.3, -0.25) is 9.10 Å². The molecule has 0 bridgehead atoms. The van der Waals surface area contributed by atoms with Gasteiger partial charge in [-0.05, 0) is 55.7 Å². The summed E-state index contributed by atoms with van der Waals surface area (Å²) in [5.41, 5.74) is 3.06. The highest BCUT2D eigenvalue weighted by molar-refractivity contribution is 7.92. The maximum Gasteiger partial charge on any atom is 0.240 e. The Bertz CT molecular complexity index is 961. The van der Waals surface area contributed by atoms with Gasteiger partial charge < -0.3 is 15.0 Å². The topological polar surface area (TPSA) is 79.0 Å². The Hall–Kier alpha value is -2.74. The molecule has 30 heavy (non-hydrogen) atoms.